The zero-order chi connectivity index (χ0) is 13.4. The van der Waals surface area contributed by atoms with Crippen molar-refractivity contribution in [2.75, 3.05) is 5.73 Å². The number of H-pyrrole nitrogens is 1. The summed E-state index contributed by atoms with van der Waals surface area (Å²) in [6, 6.07) is 5.37. The van der Waals surface area contributed by atoms with Crippen molar-refractivity contribution in [3.8, 4) is 22.8 Å². The summed E-state index contributed by atoms with van der Waals surface area (Å²) >= 11 is 9.28. The maximum absolute atomic E-state index is 5.94. The maximum Gasteiger partial charge on any atom is 0.263 e. The lowest BCUT2D eigenvalue weighted by atomic mass is 10.2. The van der Waals surface area contributed by atoms with Crippen LogP contribution in [0.15, 0.2) is 33.4 Å². The van der Waals surface area contributed by atoms with Crippen LogP contribution in [0.25, 0.3) is 22.8 Å². The summed E-state index contributed by atoms with van der Waals surface area (Å²) in [5.41, 5.74) is 7.05. The Morgan fingerprint density at radius 1 is 1.37 bits per heavy atom. The van der Waals surface area contributed by atoms with Gasteiger partial charge in [-0.15, -0.1) is 0 Å². The minimum Gasteiger partial charge on any atom is -0.383 e. The molecule has 19 heavy (non-hydrogen) atoms. The first-order chi connectivity index (χ1) is 9.15. The molecule has 0 amide bonds. The van der Waals surface area contributed by atoms with E-state index in [1.807, 2.05) is 6.07 Å². The van der Waals surface area contributed by atoms with E-state index in [0.29, 0.717) is 28.1 Å². The Morgan fingerprint density at radius 2 is 2.21 bits per heavy atom. The number of nitrogen functional groups attached to an aromatic ring is 1. The van der Waals surface area contributed by atoms with Crippen LogP contribution in [0.4, 0.5) is 5.82 Å². The molecule has 3 N–H and O–H groups in total. The number of nitrogens with zero attached hydrogens (tertiary/aromatic N) is 3. The van der Waals surface area contributed by atoms with E-state index in [1.54, 1.807) is 12.1 Å². The largest absolute Gasteiger partial charge is 0.383 e. The van der Waals surface area contributed by atoms with Gasteiger partial charge in [0.05, 0.1) is 11.2 Å². The Hall–Kier alpha value is -1.86. The average Bonchev–Trinajstić information content (AvgIpc) is 3.01. The van der Waals surface area contributed by atoms with Gasteiger partial charge in [-0.25, -0.2) is 0 Å². The van der Waals surface area contributed by atoms with Gasteiger partial charge in [-0.2, -0.15) is 10.1 Å². The highest BCUT2D eigenvalue weighted by atomic mass is 79.9. The molecule has 96 valence electrons. The molecule has 6 nitrogen and oxygen atoms in total. The van der Waals surface area contributed by atoms with Crippen LogP contribution >= 0.6 is 27.5 Å². The van der Waals surface area contributed by atoms with Gasteiger partial charge in [0.15, 0.2) is 0 Å². The number of rotatable bonds is 2. The minimum absolute atomic E-state index is 0.312. The molecule has 0 aliphatic rings. The molecule has 0 aliphatic heterocycles. The molecule has 2 aromatic heterocycles. The molecule has 0 radical (unpaired) electrons. The molecule has 8 heteroatoms. The van der Waals surface area contributed by atoms with Gasteiger partial charge >= 0.3 is 0 Å². The fourth-order valence-electron chi connectivity index (χ4n) is 1.55. The van der Waals surface area contributed by atoms with Gasteiger partial charge in [0.25, 0.3) is 5.89 Å². The molecule has 3 aromatic rings. The van der Waals surface area contributed by atoms with E-state index in [0.717, 1.165) is 10.0 Å². The van der Waals surface area contributed by atoms with Crippen molar-refractivity contribution in [1.29, 1.82) is 0 Å². The Bertz CT molecular complexity index is 738. The highest BCUT2D eigenvalue weighted by molar-refractivity contribution is 9.10. The summed E-state index contributed by atoms with van der Waals surface area (Å²) in [6.07, 6.45) is 1.53. The normalized spacial score (nSPS) is 10.8. The number of aromatic nitrogens is 4. The Morgan fingerprint density at radius 3 is 2.89 bits per heavy atom. The Balaban J connectivity index is 2.01. The zero-order valence-electron chi connectivity index (χ0n) is 9.39. The molecule has 3 rings (SSSR count). The zero-order valence-corrected chi connectivity index (χ0v) is 11.7. The highest BCUT2D eigenvalue weighted by Gasteiger charge is 2.14. The molecule has 2 heterocycles. The van der Waals surface area contributed by atoms with Crippen molar-refractivity contribution in [3.63, 3.8) is 0 Å². The Kier molecular flexibility index (Phi) is 3.00. The van der Waals surface area contributed by atoms with Crippen molar-refractivity contribution >= 4 is 33.3 Å². The monoisotopic (exact) mass is 339 g/mol. The molecular formula is C11H7BrClN5O. The van der Waals surface area contributed by atoms with Crippen LogP contribution in [-0.2, 0) is 0 Å². The van der Waals surface area contributed by atoms with Crippen LogP contribution in [0.2, 0.25) is 5.02 Å². The second-order valence-electron chi connectivity index (χ2n) is 3.75. The minimum atomic E-state index is 0.312. The molecule has 0 saturated carbocycles. The fraction of sp³-hybridized carbons (Fsp3) is 0. The second kappa shape index (κ2) is 4.67. The van der Waals surface area contributed by atoms with Gasteiger partial charge in [-0.05, 0) is 34.1 Å². The number of anilines is 1. The molecule has 0 aliphatic carbocycles. The lowest BCUT2D eigenvalue weighted by molar-refractivity contribution is 0.432. The summed E-state index contributed by atoms with van der Waals surface area (Å²) in [5.74, 6) is 1.15. The van der Waals surface area contributed by atoms with E-state index in [4.69, 9.17) is 21.9 Å². The number of aromatic amines is 1. The second-order valence-corrected chi connectivity index (χ2v) is 5.01. The number of hydrogen-bond acceptors (Lipinski definition) is 5. The van der Waals surface area contributed by atoms with Crippen LogP contribution in [0.3, 0.4) is 0 Å². The van der Waals surface area contributed by atoms with Crippen LogP contribution in [0.5, 0.6) is 0 Å². The smallest absolute Gasteiger partial charge is 0.263 e. The molecule has 0 spiro atoms. The molecule has 0 bridgehead atoms. The average molecular weight is 341 g/mol. The molecule has 0 unspecified atom stereocenters. The third kappa shape index (κ3) is 2.22. The number of hydrogen-bond donors (Lipinski definition) is 2. The van der Waals surface area contributed by atoms with Crippen molar-refractivity contribution < 1.29 is 4.52 Å². The third-order valence-corrected chi connectivity index (χ3v) is 3.72. The van der Waals surface area contributed by atoms with E-state index in [9.17, 15) is 0 Å². The summed E-state index contributed by atoms with van der Waals surface area (Å²) in [7, 11) is 0. The van der Waals surface area contributed by atoms with E-state index in [2.05, 4.69) is 36.3 Å². The van der Waals surface area contributed by atoms with Crippen LogP contribution in [0, 0.1) is 0 Å². The van der Waals surface area contributed by atoms with Crippen molar-refractivity contribution in [2.45, 2.75) is 0 Å². The van der Waals surface area contributed by atoms with Gasteiger partial charge in [0.2, 0.25) is 5.82 Å². The lowest BCUT2D eigenvalue weighted by Crippen LogP contribution is -1.87. The first-order valence-corrected chi connectivity index (χ1v) is 6.40. The van der Waals surface area contributed by atoms with Gasteiger partial charge in [-0.3, -0.25) is 5.10 Å². The SMILES string of the molecule is Nc1[nH]ncc1-c1nc(-c2ccc(Cl)c(Br)c2)no1. The summed E-state index contributed by atoms with van der Waals surface area (Å²) in [4.78, 5) is 4.27. The first kappa shape index (κ1) is 12.2. The third-order valence-electron chi connectivity index (χ3n) is 2.50. The highest BCUT2D eigenvalue weighted by Crippen LogP contribution is 2.29. The van der Waals surface area contributed by atoms with Crippen LogP contribution < -0.4 is 5.73 Å². The van der Waals surface area contributed by atoms with E-state index >= 15 is 0 Å². The van der Waals surface area contributed by atoms with Crippen LogP contribution in [-0.4, -0.2) is 20.3 Å². The standard InChI is InChI=1S/C11H7BrClN5O/c12-7-3-5(1-2-8(7)13)10-16-11(19-18-10)6-4-15-17-9(6)14/h1-4H,(H3,14,15,17). The van der Waals surface area contributed by atoms with E-state index in [-0.39, 0.29) is 0 Å². The number of benzene rings is 1. The summed E-state index contributed by atoms with van der Waals surface area (Å²) in [5, 5.41) is 10.9. The molecule has 0 fully saturated rings. The Labute approximate surface area is 121 Å². The van der Waals surface area contributed by atoms with Gasteiger partial charge in [0, 0.05) is 10.0 Å². The first-order valence-electron chi connectivity index (χ1n) is 5.23. The predicted molar refractivity (Wildman–Crippen MR) is 74.4 cm³/mol. The molecule has 0 saturated heterocycles. The van der Waals surface area contributed by atoms with Gasteiger partial charge in [0.1, 0.15) is 11.4 Å². The number of halogens is 2. The fourth-order valence-corrected chi connectivity index (χ4v) is 2.05. The maximum atomic E-state index is 5.94. The topological polar surface area (TPSA) is 93.6 Å². The van der Waals surface area contributed by atoms with Gasteiger partial charge < -0.3 is 10.3 Å². The lowest BCUT2D eigenvalue weighted by Gasteiger charge is -1.97. The summed E-state index contributed by atoms with van der Waals surface area (Å²) in [6.45, 7) is 0. The number of nitrogens with one attached hydrogen (secondary N) is 1. The van der Waals surface area contributed by atoms with Crippen molar-refractivity contribution in [3.05, 3.63) is 33.9 Å². The van der Waals surface area contributed by atoms with Crippen LogP contribution in [0.1, 0.15) is 0 Å². The van der Waals surface area contributed by atoms with E-state index in [1.165, 1.54) is 6.20 Å². The summed E-state index contributed by atoms with van der Waals surface area (Å²) < 4.78 is 5.93. The molecular weight excluding hydrogens is 334 g/mol. The predicted octanol–water partition coefficient (Wildman–Crippen LogP) is 3.12. The molecule has 1 aromatic carbocycles. The van der Waals surface area contributed by atoms with Crippen molar-refractivity contribution in [1.82, 2.24) is 20.3 Å². The van der Waals surface area contributed by atoms with Crippen molar-refractivity contribution in [2.24, 2.45) is 0 Å². The van der Waals surface area contributed by atoms with Gasteiger partial charge in [-0.1, -0.05) is 16.8 Å². The van der Waals surface area contributed by atoms with E-state index < -0.39 is 0 Å². The quantitative estimate of drug-likeness (QED) is 0.747. The molecule has 0 atom stereocenters. The number of nitrogens with two attached hydrogens (primary N) is 1.